The quantitative estimate of drug-likeness (QED) is 0.339. The first-order valence-corrected chi connectivity index (χ1v) is 11.3. The smallest absolute Gasteiger partial charge is 0.191 e. The molecular formula is C22H32IN3O2S. The first kappa shape index (κ1) is 25.4. The van der Waals surface area contributed by atoms with Crippen LogP contribution in [0.3, 0.4) is 0 Å². The van der Waals surface area contributed by atoms with E-state index in [1.807, 2.05) is 19.1 Å². The van der Waals surface area contributed by atoms with Crippen molar-refractivity contribution in [1.29, 1.82) is 0 Å². The van der Waals surface area contributed by atoms with Crippen molar-refractivity contribution in [2.45, 2.75) is 45.6 Å². The minimum Gasteiger partial charge on any atom is -0.356 e. The third kappa shape index (κ3) is 7.29. The molecule has 7 heteroatoms. The molecular weight excluding hydrogens is 497 g/mol. The van der Waals surface area contributed by atoms with Crippen molar-refractivity contribution in [3.63, 3.8) is 0 Å². The van der Waals surface area contributed by atoms with Crippen molar-refractivity contribution < 1.29 is 8.42 Å². The number of rotatable bonds is 6. The molecule has 0 unspecified atom stereocenters. The average molecular weight is 529 g/mol. The standard InChI is InChI=1S/C22H31N3O2S.HI/c1-15-11-16(2)20(17(3)12-15)9-10-24-22(23-5)25-14-19-7-8-21(18(4)13-19)28(6,26)27;/h7-8,11-13H,9-10,14H2,1-6H3,(H2,23,24,25);1H. The van der Waals surface area contributed by atoms with Gasteiger partial charge >= 0.3 is 0 Å². The summed E-state index contributed by atoms with van der Waals surface area (Å²) in [5, 5.41) is 6.64. The average Bonchev–Trinajstić information content (AvgIpc) is 2.58. The van der Waals surface area contributed by atoms with Gasteiger partial charge in [-0.05, 0) is 68.0 Å². The van der Waals surface area contributed by atoms with Gasteiger partial charge in [-0.25, -0.2) is 8.42 Å². The van der Waals surface area contributed by atoms with Crippen molar-refractivity contribution in [1.82, 2.24) is 10.6 Å². The summed E-state index contributed by atoms with van der Waals surface area (Å²) < 4.78 is 23.5. The minimum atomic E-state index is -3.19. The van der Waals surface area contributed by atoms with E-state index in [1.165, 1.54) is 28.5 Å². The molecule has 0 spiro atoms. The lowest BCUT2D eigenvalue weighted by Crippen LogP contribution is -2.38. The SMILES string of the molecule is CN=C(NCCc1c(C)cc(C)cc1C)NCc1ccc(S(C)(=O)=O)c(C)c1.I. The van der Waals surface area contributed by atoms with Crippen LogP contribution in [0.4, 0.5) is 0 Å². The van der Waals surface area contributed by atoms with Crippen LogP contribution in [-0.4, -0.2) is 34.2 Å². The predicted octanol–water partition coefficient (Wildman–Crippen LogP) is 3.85. The molecule has 0 aliphatic rings. The number of sulfone groups is 1. The molecule has 2 aromatic carbocycles. The second-order valence-electron chi connectivity index (χ2n) is 7.35. The third-order valence-corrected chi connectivity index (χ3v) is 6.09. The van der Waals surface area contributed by atoms with Crippen molar-refractivity contribution in [3.05, 3.63) is 63.7 Å². The molecule has 160 valence electrons. The van der Waals surface area contributed by atoms with Crippen LogP contribution in [0.1, 0.15) is 33.4 Å². The summed E-state index contributed by atoms with van der Waals surface area (Å²) in [6.45, 7) is 9.62. The highest BCUT2D eigenvalue weighted by molar-refractivity contribution is 14.0. The largest absolute Gasteiger partial charge is 0.356 e. The van der Waals surface area contributed by atoms with Gasteiger partial charge in [0.15, 0.2) is 15.8 Å². The molecule has 29 heavy (non-hydrogen) atoms. The molecule has 0 bridgehead atoms. The van der Waals surface area contributed by atoms with Crippen LogP contribution in [0.25, 0.3) is 0 Å². The Kier molecular flexibility index (Phi) is 9.61. The van der Waals surface area contributed by atoms with Gasteiger partial charge in [-0.2, -0.15) is 0 Å². The van der Waals surface area contributed by atoms with Crippen LogP contribution in [0.2, 0.25) is 0 Å². The lowest BCUT2D eigenvalue weighted by Gasteiger charge is -2.15. The number of aryl methyl sites for hydroxylation is 4. The molecule has 0 aliphatic heterocycles. The molecule has 2 N–H and O–H groups in total. The number of hydrogen-bond acceptors (Lipinski definition) is 3. The Morgan fingerprint density at radius 3 is 2.10 bits per heavy atom. The molecule has 0 fully saturated rings. The van der Waals surface area contributed by atoms with Gasteiger partial charge in [0.2, 0.25) is 0 Å². The highest BCUT2D eigenvalue weighted by Crippen LogP contribution is 2.17. The maximum Gasteiger partial charge on any atom is 0.191 e. The Hall–Kier alpha value is -1.61. The molecule has 0 radical (unpaired) electrons. The Morgan fingerprint density at radius 1 is 0.966 bits per heavy atom. The zero-order chi connectivity index (χ0) is 20.9. The van der Waals surface area contributed by atoms with Gasteiger partial charge in [-0.1, -0.05) is 29.8 Å². The van der Waals surface area contributed by atoms with E-state index in [1.54, 1.807) is 13.1 Å². The molecule has 0 saturated carbocycles. The van der Waals surface area contributed by atoms with E-state index in [4.69, 9.17) is 0 Å². The first-order valence-electron chi connectivity index (χ1n) is 9.42. The van der Waals surface area contributed by atoms with Crippen molar-refractivity contribution in [2.24, 2.45) is 4.99 Å². The molecule has 2 rings (SSSR count). The van der Waals surface area contributed by atoms with E-state index < -0.39 is 9.84 Å². The van der Waals surface area contributed by atoms with Gasteiger partial charge in [0.05, 0.1) is 4.90 Å². The lowest BCUT2D eigenvalue weighted by atomic mass is 9.97. The van der Waals surface area contributed by atoms with Gasteiger partial charge in [-0.3, -0.25) is 4.99 Å². The number of nitrogens with zero attached hydrogens (tertiary/aromatic N) is 1. The summed E-state index contributed by atoms with van der Waals surface area (Å²) in [5.74, 6) is 0.729. The monoisotopic (exact) mass is 529 g/mol. The van der Waals surface area contributed by atoms with Gasteiger partial charge in [-0.15, -0.1) is 24.0 Å². The molecule has 0 aromatic heterocycles. The van der Waals surface area contributed by atoms with Gasteiger partial charge in [0.25, 0.3) is 0 Å². The third-order valence-electron chi connectivity index (χ3n) is 4.83. The van der Waals surface area contributed by atoms with E-state index >= 15 is 0 Å². The van der Waals surface area contributed by atoms with Crippen LogP contribution in [0.5, 0.6) is 0 Å². The van der Waals surface area contributed by atoms with Gasteiger partial charge in [0.1, 0.15) is 0 Å². The normalized spacial score (nSPS) is 11.7. The highest BCUT2D eigenvalue weighted by Gasteiger charge is 2.11. The number of hydrogen-bond donors (Lipinski definition) is 2. The number of aliphatic imine (C=N–C) groups is 1. The predicted molar refractivity (Wildman–Crippen MR) is 132 cm³/mol. The van der Waals surface area contributed by atoms with Crippen LogP contribution in [-0.2, 0) is 22.8 Å². The maximum atomic E-state index is 11.7. The molecule has 0 heterocycles. The fourth-order valence-corrected chi connectivity index (χ4v) is 4.51. The van der Waals surface area contributed by atoms with Crippen molar-refractivity contribution in [2.75, 3.05) is 19.8 Å². The van der Waals surface area contributed by atoms with E-state index in [0.717, 1.165) is 30.1 Å². The van der Waals surface area contributed by atoms with E-state index in [9.17, 15) is 8.42 Å². The second kappa shape index (κ2) is 11.0. The summed E-state index contributed by atoms with van der Waals surface area (Å²) in [6.07, 6.45) is 2.16. The number of nitrogens with one attached hydrogen (secondary N) is 2. The van der Waals surface area contributed by atoms with Crippen molar-refractivity contribution in [3.8, 4) is 0 Å². The van der Waals surface area contributed by atoms with Crippen LogP contribution >= 0.6 is 24.0 Å². The summed E-state index contributed by atoms with van der Waals surface area (Å²) in [7, 11) is -1.45. The molecule has 0 saturated heterocycles. The zero-order valence-electron chi connectivity index (χ0n) is 18.1. The fourth-order valence-electron chi connectivity index (χ4n) is 3.55. The molecule has 2 aromatic rings. The topological polar surface area (TPSA) is 70.6 Å². The zero-order valence-corrected chi connectivity index (χ0v) is 21.2. The summed E-state index contributed by atoms with van der Waals surface area (Å²) in [5.41, 5.74) is 7.09. The van der Waals surface area contributed by atoms with E-state index in [0.29, 0.717) is 11.4 Å². The van der Waals surface area contributed by atoms with Crippen LogP contribution in [0, 0.1) is 27.7 Å². The van der Waals surface area contributed by atoms with Gasteiger partial charge < -0.3 is 10.6 Å². The van der Waals surface area contributed by atoms with Crippen LogP contribution in [0.15, 0.2) is 40.2 Å². The Balaban J connectivity index is 0.00000420. The van der Waals surface area contributed by atoms with Crippen molar-refractivity contribution >= 4 is 39.8 Å². The summed E-state index contributed by atoms with van der Waals surface area (Å²) in [4.78, 5) is 4.65. The number of benzene rings is 2. The second-order valence-corrected chi connectivity index (χ2v) is 9.34. The minimum absolute atomic E-state index is 0. The Bertz CT molecular complexity index is 963. The van der Waals surface area contributed by atoms with E-state index in [2.05, 4.69) is 48.5 Å². The van der Waals surface area contributed by atoms with Gasteiger partial charge in [0, 0.05) is 26.4 Å². The Morgan fingerprint density at radius 2 is 1.59 bits per heavy atom. The molecule has 0 atom stereocenters. The lowest BCUT2D eigenvalue weighted by molar-refractivity contribution is 0.601. The maximum absolute atomic E-state index is 11.7. The van der Waals surface area contributed by atoms with Crippen LogP contribution < -0.4 is 10.6 Å². The molecule has 0 amide bonds. The summed E-state index contributed by atoms with van der Waals surface area (Å²) in [6, 6.07) is 9.84. The number of halogens is 1. The highest BCUT2D eigenvalue weighted by atomic mass is 127. The summed E-state index contributed by atoms with van der Waals surface area (Å²) >= 11 is 0. The molecule has 0 aliphatic carbocycles. The fraction of sp³-hybridized carbons (Fsp3) is 0.409. The molecule has 5 nitrogen and oxygen atoms in total. The Labute approximate surface area is 192 Å². The van der Waals surface area contributed by atoms with E-state index in [-0.39, 0.29) is 24.0 Å². The first-order chi connectivity index (χ1) is 13.1. The number of guanidine groups is 1.